The summed E-state index contributed by atoms with van der Waals surface area (Å²) >= 11 is 0. The molecule has 0 aromatic carbocycles. The molecule has 0 unspecified atom stereocenters. The fourth-order valence-corrected chi connectivity index (χ4v) is 1.70. The second kappa shape index (κ2) is 2.20. The molecule has 0 atom stereocenters. The summed E-state index contributed by atoms with van der Waals surface area (Å²) in [6.07, 6.45) is 2.74. The third-order valence-electron chi connectivity index (χ3n) is 2.86. The van der Waals surface area contributed by atoms with Gasteiger partial charge in [-0.25, -0.2) is 0 Å². The summed E-state index contributed by atoms with van der Waals surface area (Å²) in [5.74, 6) is 0. The lowest BCUT2D eigenvalue weighted by Gasteiger charge is -2.22. The van der Waals surface area contributed by atoms with E-state index in [0.717, 1.165) is 6.54 Å². The van der Waals surface area contributed by atoms with E-state index in [-0.39, 0.29) is 0 Å². The Morgan fingerprint density at radius 3 is 2.36 bits per heavy atom. The second-order valence-corrected chi connectivity index (χ2v) is 4.90. The van der Waals surface area contributed by atoms with Crippen molar-refractivity contribution in [1.82, 2.24) is 10.6 Å². The molecule has 1 aliphatic heterocycles. The van der Waals surface area contributed by atoms with Crippen LogP contribution in [-0.4, -0.2) is 25.2 Å². The van der Waals surface area contributed by atoms with Crippen LogP contribution in [0.15, 0.2) is 0 Å². The van der Waals surface area contributed by atoms with E-state index in [4.69, 9.17) is 0 Å². The first-order valence-electron chi connectivity index (χ1n) is 4.58. The zero-order valence-corrected chi connectivity index (χ0v) is 7.54. The predicted molar refractivity (Wildman–Crippen MR) is 46.6 cm³/mol. The molecule has 0 aromatic heterocycles. The zero-order chi connectivity index (χ0) is 7.95. The van der Waals surface area contributed by atoms with Crippen LogP contribution in [0.1, 0.15) is 26.7 Å². The lowest BCUT2D eigenvalue weighted by atomic mass is 9.94. The summed E-state index contributed by atoms with van der Waals surface area (Å²) < 4.78 is 0. The third-order valence-corrected chi connectivity index (χ3v) is 2.86. The smallest absolute Gasteiger partial charge is 0.0307 e. The van der Waals surface area contributed by atoms with Gasteiger partial charge in [0, 0.05) is 25.2 Å². The highest BCUT2D eigenvalue weighted by molar-refractivity contribution is 5.06. The molecule has 2 heteroatoms. The van der Waals surface area contributed by atoms with Gasteiger partial charge in [0.1, 0.15) is 0 Å². The van der Waals surface area contributed by atoms with E-state index < -0.39 is 0 Å². The van der Waals surface area contributed by atoms with Gasteiger partial charge in [-0.1, -0.05) is 13.8 Å². The maximum atomic E-state index is 3.66. The summed E-state index contributed by atoms with van der Waals surface area (Å²) in [4.78, 5) is 0. The van der Waals surface area contributed by atoms with Crippen LogP contribution >= 0.6 is 0 Å². The van der Waals surface area contributed by atoms with E-state index in [1.807, 2.05) is 0 Å². The third kappa shape index (κ3) is 1.57. The highest BCUT2D eigenvalue weighted by atomic mass is 15.1. The summed E-state index contributed by atoms with van der Waals surface area (Å²) in [5, 5.41) is 7.19. The normalized spacial score (nSPS) is 33.3. The lowest BCUT2D eigenvalue weighted by molar-refractivity contribution is 0.348. The van der Waals surface area contributed by atoms with Gasteiger partial charge in [-0.3, -0.25) is 0 Å². The minimum absolute atomic E-state index is 0.437. The molecule has 2 rings (SSSR count). The quantitative estimate of drug-likeness (QED) is 0.538. The monoisotopic (exact) mass is 154 g/mol. The van der Waals surface area contributed by atoms with Crippen LogP contribution in [0.2, 0.25) is 0 Å². The number of rotatable bonds is 0. The Morgan fingerprint density at radius 2 is 1.73 bits per heavy atom. The standard InChI is InChI=1S/C9H18N2/c1-8(2)5-10-7-9(3-4-9)11-6-8/h10-11H,3-7H2,1-2H3. The van der Waals surface area contributed by atoms with Crippen LogP contribution < -0.4 is 10.6 Å². The van der Waals surface area contributed by atoms with Crippen LogP contribution in [0.4, 0.5) is 0 Å². The van der Waals surface area contributed by atoms with Crippen LogP contribution in [0.25, 0.3) is 0 Å². The minimum Gasteiger partial charge on any atom is -0.314 e. The fraction of sp³-hybridized carbons (Fsp3) is 1.00. The van der Waals surface area contributed by atoms with Gasteiger partial charge < -0.3 is 10.6 Å². The Kier molecular flexibility index (Phi) is 1.52. The maximum Gasteiger partial charge on any atom is 0.0307 e. The summed E-state index contributed by atoms with van der Waals surface area (Å²) in [7, 11) is 0. The van der Waals surface area contributed by atoms with Crippen LogP contribution in [0.5, 0.6) is 0 Å². The highest BCUT2D eigenvalue weighted by Crippen LogP contribution is 2.36. The van der Waals surface area contributed by atoms with Gasteiger partial charge in [0.05, 0.1) is 0 Å². The van der Waals surface area contributed by atoms with Crippen molar-refractivity contribution in [1.29, 1.82) is 0 Å². The summed E-state index contributed by atoms with van der Waals surface area (Å²) in [5.41, 5.74) is 0.944. The first-order valence-corrected chi connectivity index (χ1v) is 4.58. The molecule has 1 saturated heterocycles. The van der Waals surface area contributed by atoms with Crippen molar-refractivity contribution < 1.29 is 0 Å². The topological polar surface area (TPSA) is 24.1 Å². The Hall–Kier alpha value is -0.0800. The van der Waals surface area contributed by atoms with Crippen molar-refractivity contribution in [2.75, 3.05) is 19.6 Å². The van der Waals surface area contributed by atoms with E-state index >= 15 is 0 Å². The Labute approximate surface area is 68.7 Å². The predicted octanol–water partition coefficient (Wildman–Crippen LogP) is 0.738. The van der Waals surface area contributed by atoms with Gasteiger partial charge in [0.25, 0.3) is 0 Å². The molecule has 0 radical (unpaired) electrons. The van der Waals surface area contributed by atoms with E-state index in [0.29, 0.717) is 11.0 Å². The van der Waals surface area contributed by atoms with Crippen molar-refractivity contribution in [3.63, 3.8) is 0 Å². The van der Waals surface area contributed by atoms with Crippen molar-refractivity contribution in [2.45, 2.75) is 32.2 Å². The minimum atomic E-state index is 0.437. The molecule has 64 valence electrons. The van der Waals surface area contributed by atoms with Crippen molar-refractivity contribution in [2.24, 2.45) is 5.41 Å². The average molecular weight is 154 g/mol. The maximum absolute atomic E-state index is 3.66. The molecule has 11 heavy (non-hydrogen) atoms. The van der Waals surface area contributed by atoms with Crippen LogP contribution in [0, 0.1) is 5.41 Å². The molecule has 2 fully saturated rings. The number of nitrogens with one attached hydrogen (secondary N) is 2. The van der Waals surface area contributed by atoms with Crippen molar-refractivity contribution in [3.8, 4) is 0 Å². The summed E-state index contributed by atoms with van der Waals surface area (Å²) in [6, 6.07) is 0. The van der Waals surface area contributed by atoms with Gasteiger partial charge >= 0.3 is 0 Å². The molecule has 2 N–H and O–H groups in total. The molecule has 2 aliphatic rings. The second-order valence-electron chi connectivity index (χ2n) is 4.90. The Bertz CT molecular complexity index is 153. The molecule has 1 spiro atoms. The molecule has 1 saturated carbocycles. The first-order chi connectivity index (χ1) is 5.12. The lowest BCUT2D eigenvalue weighted by Crippen LogP contribution is -2.38. The Morgan fingerprint density at radius 1 is 1.00 bits per heavy atom. The Balaban J connectivity index is 1.98. The van der Waals surface area contributed by atoms with E-state index in [2.05, 4.69) is 24.5 Å². The average Bonchev–Trinajstić information content (AvgIpc) is 2.66. The molecule has 0 bridgehead atoms. The summed E-state index contributed by atoms with van der Waals surface area (Å²) in [6.45, 7) is 8.13. The molecule has 1 aliphatic carbocycles. The molecular weight excluding hydrogens is 136 g/mol. The molecular formula is C9H18N2. The van der Waals surface area contributed by atoms with E-state index in [9.17, 15) is 0 Å². The van der Waals surface area contributed by atoms with Crippen molar-refractivity contribution >= 4 is 0 Å². The fourth-order valence-electron chi connectivity index (χ4n) is 1.70. The zero-order valence-electron chi connectivity index (χ0n) is 7.54. The van der Waals surface area contributed by atoms with Crippen LogP contribution in [-0.2, 0) is 0 Å². The number of hydrogen-bond donors (Lipinski definition) is 2. The first kappa shape index (κ1) is 7.56. The number of hydrogen-bond acceptors (Lipinski definition) is 2. The van der Waals surface area contributed by atoms with Gasteiger partial charge in [-0.15, -0.1) is 0 Å². The van der Waals surface area contributed by atoms with Crippen molar-refractivity contribution in [3.05, 3.63) is 0 Å². The van der Waals surface area contributed by atoms with Gasteiger partial charge in [0.15, 0.2) is 0 Å². The molecule has 0 amide bonds. The van der Waals surface area contributed by atoms with Gasteiger partial charge in [-0.05, 0) is 18.3 Å². The van der Waals surface area contributed by atoms with E-state index in [1.165, 1.54) is 25.9 Å². The van der Waals surface area contributed by atoms with Gasteiger partial charge in [-0.2, -0.15) is 0 Å². The molecule has 0 aromatic rings. The van der Waals surface area contributed by atoms with Gasteiger partial charge in [0.2, 0.25) is 0 Å². The SMILES string of the molecule is CC1(C)CNCC2(CC2)NC1. The molecule has 1 heterocycles. The highest BCUT2D eigenvalue weighted by Gasteiger charge is 2.44. The van der Waals surface area contributed by atoms with E-state index in [1.54, 1.807) is 0 Å². The largest absolute Gasteiger partial charge is 0.314 e. The molecule has 2 nitrogen and oxygen atoms in total. The van der Waals surface area contributed by atoms with Crippen LogP contribution in [0.3, 0.4) is 0 Å².